The summed E-state index contributed by atoms with van der Waals surface area (Å²) in [6.45, 7) is 2.77. The Bertz CT molecular complexity index is 393. The highest BCUT2D eigenvalue weighted by atomic mass is 16.4. The van der Waals surface area contributed by atoms with Crippen LogP contribution < -0.4 is 5.32 Å². The van der Waals surface area contributed by atoms with Gasteiger partial charge in [-0.25, -0.2) is 9.67 Å². The molecule has 0 amide bonds. The van der Waals surface area contributed by atoms with Crippen molar-refractivity contribution >= 4 is 5.97 Å². The van der Waals surface area contributed by atoms with Gasteiger partial charge in [0.1, 0.15) is 18.2 Å². The molecule has 100 valence electrons. The minimum absolute atomic E-state index is 0.127. The topological polar surface area (TPSA) is 80.0 Å². The Labute approximate surface area is 106 Å². The SMILES string of the molecule is CCCNC1(C(=O)O)CCCC(n2cncn2)C1. The van der Waals surface area contributed by atoms with E-state index >= 15 is 0 Å². The maximum Gasteiger partial charge on any atom is 0.323 e. The second-order valence-electron chi connectivity index (χ2n) is 4.94. The van der Waals surface area contributed by atoms with Crippen LogP contribution in [0.25, 0.3) is 0 Å². The molecule has 0 spiro atoms. The van der Waals surface area contributed by atoms with Crippen molar-refractivity contribution in [2.24, 2.45) is 0 Å². The lowest BCUT2D eigenvalue weighted by atomic mass is 9.79. The number of nitrogens with one attached hydrogen (secondary N) is 1. The van der Waals surface area contributed by atoms with Gasteiger partial charge < -0.3 is 10.4 Å². The van der Waals surface area contributed by atoms with E-state index in [0.717, 1.165) is 25.8 Å². The third-order valence-corrected chi connectivity index (χ3v) is 3.66. The molecule has 0 radical (unpaired) electrons. The van der Waals surface area contributed by atoms with E-state index in [1.807, 2.05) is 6.92 Å². The van der Waals surface area contributed by atoms with Gasteiger partial charge in [-0.15, -0.1) is 0 Å². The van der Waals surface area contributed by atoms with Crippen LogP contribution in [0.4, 0.5) is 0 Å². The number of rotatable bonds is 5. The van der Waals surface area contributed by atoms with Gasteiger partial charge in [0, 0.05) is 0 Å². The van der Waals surface area contributed by atoms with E-state index in [-0.39, 0.29) is 6.04 Å². The van der Waals surface area contributed by atoms with Gasteiger partial charge in [0.05, 0.1) is 6.04 Å². The fourth-order valence-corrected chi connectivity index (χ4v) is 2.67. The van der Waals surface area contributed by atoms with Crippen LogP contribution in [-0.2, 0) is 4.79 Å². The number of aromatic nitrogens is 3. The Balaban J connectivity index is 2.13. The van der Waals surface area contributed by atoms with Crippen molar-refractivity contribution < 1.29 is 9.90 Å². The molecular weight excluding hydrogens is 232 g/mol. The summed E-state index contributed by atoms with van der Waals surface area (Å²) >= 11 is 0. The molecule has 6 nitrogen and oxygen atoms in total. The summed E-state index contributed by atoms with van der Waals surface area (Å²) in [5.74, 6) is -0.749. The number of carboxylic acid groups (broad SMARTS) is 1. The molecule has 0 bridgehead atoms. The van der Waals surface area contributed by atoms with Gasteiger partial charge in [-0.3, -0.25) is 4.79 Å². The summed E-state index contributed by atoms with van der Waals surface area (Å²) in [5, 5.41) is 16.9. The number of aliphatic carboxylic acids is 1. The first-order valence-corrected chi connectivity index (χ1v) is 6.50. The average molecular weight is 252 g/mol. The standard InChI is InChI=1S/C12H20N4O2/c1-2-6-14-12(11(17)18)5-3-4-10(7-12)16-9-13-8-15-16/h8-10,14H,2-7H2,1H3,(H,17,18). The van der Waals surface area contributed by atoms with Crippen LogP contribution in [0.3, 0.4) is 0 Å². The molecule has 1 fully saturated rings. The van der Waals surface area contributed by atoms with Gasteiger partial charge in [0.25, 0.3) is 0 Å². The fourth-order valence-electron chi connectivity index (χ4n) is 2.67. The van der Waals surface area contributed by atoms with Crippen LogP contribution in [0, 0.1) is 0 Å². The monoisotopic (exact) mass is 252 g/mol. The Kier molecular flexibility index (Phi) is 3.96. The molecule has 1 aliphatic carbocycles. The number of hydrogen-bond donors (Lipinski definition) is 2. The van der Waals surface area contributed by atoms with Gasteiger partial charge in [-0.2, -0.15) is 5.10 Å². The molecule has 2 unspecified atom stereocenters. The molecular formula is C12H20N4O2. The highest BCUT2D eigenvalue weighted by molar-refractivity contribution is 5.79. The van der Waals surface area contributed by atoms with Crippen molar-refractivity contribution in [1.82, 2.24) is 20.1 Å². The van der Waals surface area contributed by atoms with Crippen LogP contribution in [0.5, 0.6) is 0 Å². The zero-order chi connectivity index (χ0) is 13.0. The molecule has 2 atom stereocenters. The van der Waals surface area contributed by atoms with E-state index in [1.165, 1.54) is 6.33 Å². The summed E-state index contributed by atoms with van der Waals surface area (Å²) in [7, 11) is 0. The molecule has 1 aliphatic rings. The van der Waals surface area contributed by atoms with Crippen molar-refractivity contribution in [2.75, 3.05) is 6.54 Å². The van der Waals surface area contributed by atoms with E-state index in [1.54, 1.807) is 11.0 Å². The second kappa shape index (κ2) is 5.48. The molecule has 1 aromatic rings. The molecule has 0 saturated heterocycles. The molecule has 0 aromatic carbocycles. The first-order valence-electron chi connectivity index (χ1n) is 6.50. The molecule has 1 saturated carbocycles. The van der Waals surface area contributed by atoms with Gasteiger partial charge in [-0.1, -0.05) is 6.92 Å². The number of nitrogens with zero attached hydrogens (tertiary/aromatic N) is 3. The lowest BCUT2D eigenvalue weighted by Gasteiger charge is -2.38. The van der Waals surface area contributed by atoms with E-state index in [2.05, 4.69) is 15.4 Å². The Morgan fingerprint density at radius 1 is 1.67 bits per heavy atom. The number of carbonyl (C=O) groups is 1. The summed E-state index contributed by atoms with van der Waals surface area (Å²) in [6, 6.07) is 0.127. The summed E-state index contributed by atoms with van der Waals surface area (Å²) in [4.78, 5) is 15.5. The Hall–Kier alpha value is -1.43. The lowest BCUT2D eigenvalue weighted by Crippen LogP contribution is -2.55. The minimum atomic E-state index is -0.801. The van der Waals surface area contributed by atoms with Crippen LogP contribution in [-0.4, -0.2) is 37.9 Å². The minimum Gasteiger partial charge on any atom is -0.480 e. The van der Waals surface area contributed by atoms with E-state index < -0.39 is 11.5 Å². The van der Waals surface area contributed by atoms with Gasteiger partial charge >= 0.3 is 5.97 Å². The predicted octanol–water partition coefficient (Wildman–Crippen LogP) is 1.22. The molecule has 1 aromatic heterocycles. The molecule has 6 heteroatoms. The summed E-state index contributed by atoms with van der Waals surface area (Å²) < 4.78 is 1.78. The molecule has 1 heterocycles. The summed E-state index contributed by atoms with van der Waals surface area (Å²) in [5.41, 5.74) is -0.801. The van der Waals surface area contributed by atoms with Crippen molar-refractivity contribution in [1.29, 1.82) is 0 Å². The van der Waals surface area contributed by atoms with Crippen molar-refractivity contribution in [3.05, 3.63) is 12.7 Å². The zero-order valence-corrected chi connectivity index (χ0v) is 10.7. The molecule has 2 rings (SSSR count). The number of carboxylic acids is 1. The second-order valence-corrected chi connectivity index (χ2v) is 4.94. The molecule has 18 heavy (non-hydrogen) atoms. The number of hydrogen-bond acceptors (Lipinski definition) is 4. The van der Waals surface area contributed by atoms with E-state index in [4.69, 9.17) is 0 Å². The lowest BCUT2D eigenvalue weighted by molar-refractivity contribution is -0.147. The van der Waals surface area contributed by atoms with E-state index in [0.29, 0.717) is 12.8 Å². The third-order valence-electron chi connectivity index (χ3n) is 3.66. The zero-order valence-electron chi connectivity index (χ0n) is 10.7. The van der Waals surface area contributed by atoms with Crippen LogP contribution >= 0.6 is 0 Å². The predicted molar refractivity (Wildman–Crippen MR) is 66.2 cm³/mol. The van der Waals surface area contributed by atoms with Crippen molar-refractivity contribution in [2.45, 2.75) is 50.6 Å². The van der Waals surface area contributed by atoms with Crippen LogP contribution in [0.15, 0.2) is 12.7 Å². The first-order chi connectivity index (χ1) is 8.68. The largest absolute Gasteiger partial charge is 0.480 e. The van der Waals surface area contributed by atoms with Gasteiger partial charge in [-0.05, 0) is 38.6 Å². The smallest absolute Gasteiger partial charge is 0.323 e. The van der Waals surface area contributed by atoms with Crippen LogP contribution in [0.1, 0.15) is 45.1 Å². The van der Waals surface area contributed by atoms with Crippen molar-refractivity contribution in [3.63, 3.8) is 0 Å². The normalized spacial score (nSPS) is 28.2. The van der Waals surface area contributed by atoms with E-state index in [9.17, 15) is 9.90 Å². The summed E-state index contributed by atoms with van der Waals surface area (Å²) in [6.07, 6.45) is 7.22. The average Bonchev–Trinajstić information content (AvgIpc) is 2.90. The quantitative estimate of drug-likeness (QED) is 0.823. The molecule has 2 N–H and O–H groups in total. The van der Waals surface area contributed by atoms with Crippen molar-refractivity contribution in [3.8, 4) is 0 Å². The Morgan fingerprint density at radius 2 is 2.50 bits per heavy atom. The first kappa shape index (κ1) is 13.0. The van der Waals surface area contributed by atoms with Crippen LogP contribution in [0.2, 0.25) is 0 Å². The Morgan fingerprint density at radius 3 is 3.11 bits per heavy atom. The van der Waals surface area contributed by atoms with Gasteiger partial charge in [0.2, 0.25) is 0 Å². The third kappa shape index (κ3) is 2.53. The highest BCUT2D eigenvalue weighted by Crippen LogP contribution is 2.35. The maximum absolute atomic E-state index is 11.6. The highest BCUT2D eigenvalue weighted by Gasteiger charge is 2.43. The van der Waals surface area contributed by atoms with Gasteiger partial charge in [0.15, 0.2) is 0 Å². The fraction of sp³-hybridized carbons (Fsp3) is 0.750. The molecule has 0 aliphatic heterocycles. The maximum atomic E-state index is 11.6.